The fraction of sp³-hybridized carbons (Fsp3) is 0.900. The lowest BCUT2D eigenvalue weighted by molar-refractivity contribution is -0.143. The van der Waals surface area contributed by atoms with E-state index >= 15 is 0 Å². The first kappa shape index (κ1) is 14.7. The number of carbonyl (C=O) groups excluding carboxylic acids is 1. The summed E-state index contributed by atoms with van der Waals surface area (Å²) in [5.74, 6) is 0.207. The third kappa shape index (κ3) is 4.36. The predicted octanol–water partition coefficient (Wildman–Crippen LogP) is 0.783. The average Bonchev–Trinajstić information content (AvgIpc) is 2.18. The number of carbonyl (C=O) groups is 1. The quantitative estimate of drug-likeness (QED) is 0.788. The molecule has 0 bridgehead atoms. The first-order valence-corrected chi connectivity index (χ1v) is 5.26. The summed E-state index contributed by atoms with van der Waals surface area (Å²) in [4.78, 5) is 13.6. The van der Waals surface area contributed by atoms with Crippen LogP contribution in [0.15, 0.2) is 0 Å². The maximum absolute atomic E-state index is 11.7. The molecule has 0 spiro atoms. The van der Waals surface area contributed by atoms with Gasteiger partial charge >= 0.3 is 0 Å². The largest absolute Gasteiger partial charge is 0.375 e. The molecule has 0 saturated carbocycles. The lowest BCUT2D eigenvalue weighted by atomic mass is 10.1. The number of amides is 1. The van der Waals surface area contributed by atoms with Gasteiger partial charge in [0.25, 0.3) is 0 Å². The van der Waals surface area contributed by atoms with Crippen LogP contribution in [0.25, 0.3) is 0 Å². The van der Waals surface area contributed by atoms with Crippen molar-refractivity contribution in [1.29, 1.82) is 0 Å². The highest BCUT2D eigenvalue weighted by molar-refractivity contribution is 5.85. The summed E-state index contributed by atoms with van der Waals surface area (Å²) < 4.78 is 5.46. The van der Waals surface area contributed by atoms with Gasteiger partial charge in [-0.2, -0.15) is 0 Å². The zero-order valence-corrected chi connectivity index (χ0v) is 10.3. The van der Waals surface area contributed by atoms with E-state index in [-0.39, 0.29) is 30.5 Å². The summed E-state index contributed by atoms with van der Waals surface area (Å²) in [6.45, 7) is 5.96. The van der Waals surface area contributed by atoms with Gasteiger partial charge in [0.05, 0.1) is 18.8 Å². The molecule has 2 unspecified atom stereocenters. The third-order valence-corrected chi connectivity index (χ3v) is 2.52. The van der Waals surface area contributed by atoms with Crippen LogP contribution >= 0.6 is 12.4 Å². The minimum atomic E-state index is 0. The molecule has 1 aliphatic heterocycles. The van der Waals surface area contributed by atoms with Crippen LogP contribution in [0.3, 0.4) is 0 Å². The molecule has 0 aromatic heterocycles. The number of nitrogens with zero attached hydrogens (tertiary/aromatic N) is 1. The molecule has 15 heavy (non-hydrogen) atoms. The number of ether oxygens (including phenoxy) is 1. The molecule has 1 amide bonds. The third-order valence-electron chi connectivity index (χ3n) is 2.52. The molecule has 0 radical (unpaired) electrons. The van der Waals surface area contributed by atoms with E-state index in [9.17, 15) is 4.79 Å². The van der Waals surface area contributed by atoms with E-state index in [0.717, 1.165) is 6.42 Å². The number of nitrogens with two attached hydrogens (primary N) is 1. The van der Waals surface area contributed by atoms with Crippen LogP contribution in [0.5, 0.6) is 0 Å². The van der Waals surface area contributed by atoms with Crippen LogP contribution in [-0.2, 0) is 9.53 Å². The molecule has 90 valence electrons. The first-order valence-electron chi connectivity index (χ1n) is 5.26. The minimum absolute atomic E-state index is 0. The molecular weight excluding hydrogens is 216 g/mol. The van der Waals surface area contributed by atoms with E-state index in [1.165, 1.54) is 0 Å². The molecule has 1 saturated heterocycles. The Bertz CT molecular complexity index is 202. The van der Waals surface area contributed by atoms with Gasteiger partial charge in [0.2, 0.25) is 5.91 Å². The van der Waals surface area contributed by atoms with Crippen LogP contribution < -0.4 is 5.73 Å². The van der Waals surface area contributed by atoms with Gasteiger partial charge in [0.15, 0.2) is 0 Å². The SMILES string of the molecule is CC1CN(C(=O)CCCN)C(C)CO1.Cl. The molecule has 2 N–H and O–H groups in total. The molecule has 0 aromatic rings. The maximum atomic E-state index is 11.7. The summed E-state index contributed by atoms with van der Waals surface area (Å²) in [5, 5.41) is 0. The van der Waals surface area contributed by atoms with Crippen LogP contribution in [-0.4, -0.2) is 42.6 Å². The molecule has 2 atom stereocenters. The molecule has 1 fully saturated rings. The standard InChI is InChI=1S/C10H20N2O2.ClH/c1-8-7-14-9(2)6-12(8)10(13)4-3-5-11;/h8-9H,3-7,11H2,1-2H3;1H. The zero-order valence-electron chi connectivity index (χ0n) is 9.44. The lowest BCUT2D eigenvalue weighted by Crippen LogP contribution is -2.50. The fourth-order valence-corrected chi connectivity index (χ4v) is 1.65. The van der Waals surface area contributed by atoms with Gasteiger partial charge in [-0.3, -0.25) is 4.79 Å². The second-order valence-corrected chi connectivity index (χ2v) is 3.93. The van der Waals surface area contributed by atoms with Crippen molar-refractivity contribution >= 4 is 18.3 Å². The van der Waals surface area contributed by atoms with Crippen LogP contribution in [0.2, 0.25) is 0 Å². The van der Waals surface area contributed by atoms with Crippen molar-refractivity contribution in [3.8, 4) is 0 Å². The average molecular weight is 237 g/mol. The van der Waals surface area contributed by atoms with E-state index in [1.807, 2.05) is 18.7 Å². The molecule has 1 aliphatic rings. The van der Waals surface area contributed by atoms with Crippen LogP contribution in [0, 0.1) is 0 Å². The minimum Gasteiger partial charge on any atom is -0.375 e. The van der Waals surface area contributed by atoms with Gasteiger partial charge in [-0.05, 0) is 26.8 Å². The van der Waals surface area contributed by atoms with Gasteiger partial charge in [0.1, 0.15) is 0 Å². The van der Waals surface area contributed by atoms with Crippen molar-refractivity contribution in [3.05, 3.63) is 0 Å². The Morgan fingerprint density at radius 2 is 2.20 bits per heavy atom. The van der Waals surface area contributed by atoms with Crippen molar-refractivity contribution in [1.82, 2.24) is 4.90 Å². The Morgan fingerprint density at radius 3 is 2.80 bits per heavy atom. The molecule has 1 rings (SSSR count). The van der Waals surface area contributed by atoms with Crippen molar-refractivity contribution in [3.63, 3.8) is 0 Å². The highest BCUT2D eigenvalue weighted by atomic mass is 35.5. The van der Waals surface area contributed by atoms with Gasteiger partial charge in [-0.15, -0.1) is 12.4 Å². The Kier molecular flexibility index (Phi) is 6.89. The molecule has 0 aliphatic carbocycles. The van der Waals surface area contributed by atoms with Gasteiger partial charge in [0, 0.05) is 13.0 Å². The summed E-state index contributed by atoms with van der Waals surface area (Å²) in [6.07, 6.45) is 1.50. The van der Waals surface area contributed by atoms with Crippen molar-refractivity contribution in [2.24, 2.45) is 5.73 Å². The number of rotatable bonds is 3. The van der Waals surface area contributed by atoms with Gasteiger partial charge < -0.3 is 15.4 Å². The van der Waals surface area contributed by atoms with E-state index in [1.54, 1.807) is 0 Å². The molecular formula is C10H21ClN2O2. The Morgan fingerprint density at radius 1 is 1.53 bits per heavy atom. The second-order valence-electron chi connectivity index (χ2n) is 3.93. The highest BCUT2D eigenvalue weighted by Gasteiger charge is 2.26. The smallest absolute Gasteiger partial charge is 0.223 e. The second kappa shape index (κ2) is 7.04. The zero-order chi connectivity index (χ0) is 10.6. The highest BCUT2D eigenvalue weighted by Crippen LogP contribution is 2.12. The Hall–Kier alpha value is -0.320. The van der Waals surface area contributed by atoms with E-state index in [4.69, 9.17) is 10.5 Å². The molecule has 4 nitrogen and oxygen atoms in total. The molecule has 0 aromatic carbocycles. The fourth-order valence-electron chi connectivity index (χ4n) is 1.65. The summed E-state index contributed by atoms with van der Waals surface area (Å²) in [6, 6.07) is 0.205. The predicted molar refractivity (Wildman–Crippen MR) is 62.1 cm³/mol. The normalized spacial score (nSPS) is 25.9. The molecule has 1 heterocycles. The van der Waals surface area contributed by atoms with Gasteiger partial charge in [-0.25, -0.2) is 0 Å². The van der Waals surface area contributed by atoms with E-state index in [2.05, 4.69) is 0 Å². The molecule has 5 heteroatoms. The van der Waals surface area contributed by atoms with E-state index < -0.39 is 0 Å². The van der Waals surface area contributed by atoms with Crippen molar-refractivity contribution < 1.29 is 9.53 Å². The number of halogens is 1. The topological polar surface area (TPSA) is 55.6 Å². The number of hydrogen-bond donors (Lipinski definition) is 1. The Labute approximate surface area is 97.5 Å². The first-order chi connectivity index (χ1) is 6.65. The number of morpholine rings is 1. The number of hydrogen-bond acceptors (Lipinski definition) is 3. The maximum Gasteiger partial charge on any atom is 0.223 e. The van der Waals surface area contributed by atoms with Crippen LogP contribution in [0.4, 0.5) is 0 Å². The van der Waals surface area contributed by atoms with Gasteiger partial charge in [-0.1, -0.05) is 0 Å². The summed E-state index contributed by atoms with van der Waals surface area (Å²) in [5.41, 5.74) is 5.37. The van der Waals surface area contributed by atoms with E-state index in [0.29, 0.717) is 26.1 Å². The van der Waals surface area contributed by atoms with Crippen LogP contribution in [0.1, 0.15) is 26.7 Å². The summed E-state index contributed by atoms with van der Waals surface area (Å²) >= 11 is 0. The Balaban J connectivity index is 0.00000196. The summed E-state index contributed by atoms with van der Waals surface area (Å²) in [7, 11) is 0. The van der Waals surface area contributed by atoms with Crippen molar-refractivity contribution in [2.45, 2.75) is 38.8 Å². The lowest BCUT2D eigenvalue weighted by Gasteiger charge is -2.36. The monoisotopic (exact) mass is 236 g/mol. The van der Waals surface area contributed by atoms with Crippen molar-refractivity contribution in [2.75, 3.05) is 19.7 Å².